The summed E-state index contributed by atoms with van der Waals surface area (Å²) in [4.78, 5) is 91.2. The van der Waals surface area contributed by atoms with E-state index in [1.54, 1.807) is 62.3 Å². The van der Waals surface area contributed by atoms with Gasteiger partial charge in [-0.2, -0.15) is 0 Å². The molecule has 6 amide bonds. The fourth-order valence-corrected chi connectivity index (χ4v) is 4.02. The van der Waals surface area contributed by atoms with Gasteiger partial charge in [-0.3, -0.25) is 14.4 Å². The minimum atomic E-state index is -1.24. The Kier molecular flexibility index (Phi) is 15.9. The second kappa shape index (κ2) is 18.3. The smallest absolute Gasteiger partial charge is 0.408 e. The lowest BCUT2D eigenvalue weighted by Crippen LogP contribution is -2.48. The number of unbranched alkanes of at least 4 members (excludes halogenated alkanes) is 2. The van der Waals surface area contributed by atoms with Crippen LogP contribution < -0.4 is 21.3 Å². The Bertz CT molecular complexity index is 1110. The lowest BCUT2D eigenvalue weighted by atomic mass is 10.1. The fourth-order valence-electron chi connectivity index (χ4n) is 4.02. The van der Waals surface area contributed by atoms with E-state index in [-0.39, 0.29) is 32.2 Å². The molecule has 0 unspecified atom stereocenters. The number of alkyl carbamates (subject to hydrolysis) is 3. The Morgan fingerprint density at radius 2 is 1.02 bits per heavy atom. The SMILES string of the molecule is CC(C)(C)OC(=O)NCCCC[C@H](NC(=O)OC(C)(C)C)C(=O)NCCCC[C@H](NC(=O)OC(C)(C)C)C(=O)ON1C(=O)CCC1=O. The van der Waals surface area contributed by atoms with E-state index >= 15 is 0 Å². The van der Waals surface area contributed by atoms with Crippen LogP contribution in [0.15, 0.2) is 0 Å². The Hall–Kier alpha value is -4.11. The van der Waals surface area contributed by atoms with Gasteiger partial charge < -0.3 is 40.3 Å². The van der Waals surface area contributed by atoms with Crippen LogP contribution >= 0.6 is 0 Å². The molecular formula is C31H53N5O11. The average Bonchev–Trinajstić information content (AvgIpc) is 3.20. The van der Waals surface area contributed by atoms with Crippen LogP contribution in [0.5, 0.6) is 0 Å². The summed E-state index contributed by atoms with van der Waals surface area (Å²) in [7, 11) is 0. The van der Waals surface area contributed by atoms with Crippen LogP contribution in [0.4, 0.5) is 14.4 Å². The van der Waals surface area contributed by atoms with Crippen LogP contribution in [0.25, 0.3) is 0 Å². The number of nitrogens with one attached hydrogen (secondary N) is 4. The molecule has 16 heteroatoms. The first kappa shape index (κ1) is 40.9. The second-order valence-electron chi connectivity index (χ2n) is 14.1. The zero-order valence-corrected chi connectivity index (χ0v) is 29.2. The van der Waals surface area contributed by atoms with Crippen LogP contribution in [0.1, 0.15) is 114 Å². The van der Waals surface area contributed by atoms with Crippen LogP contribution in [0.3, 0.4) is 0 Å². The monoisotopic (exact) mass is 671 g/mol. The van der Waals surface area contributed by atoms with E-state index in [9.17, 15) is 33.6 Å². The molecule has 16 nitrogen and oxygen atoms in total. The lowest BCUT2D eigenvalue weighted by molar-refractivity contribution is -0.199. The van der Waals surface area contributed by atoms with Crippen LogP contribution in [-0.2, 0) is 38.2 Å². The highest BCUT2D eigenvalue weighted by Crippen LogP contribution is 2.15. The van der Waals surface area contributed by atoms with Crippen molar-refractivity contribution in [3.63, 3.8) is 0 Å². The first-order chi connectivity index (χ1) is 21.6. The Morgan fingerprint density at radius 3 is 1.49 bits per heavy atom. The number of nitrogens with zero attached hydrogens (tertiary/aromatic N) is 1. The third-order valence-corrected chi connectivity index (χ3v) is 5.98. The minimum Gasteiger partial charge on any atom is -0.444 e. The molecule has 0 aromatic carbocycles. The normalized spacial score (nSPS) is 14.9. The highest BCUT2D eigenvalue weighted by Gasteiger charge is 2.36. The summed E-state index contributed by atoms with van der Waals surface area (Å²) in [5, 5.41) is 10.8. The molecule has 4 N–H and O–H groups in total. The van der Waals surface area contributed by atoms with Gasteiger partial charge in [0.1, 0.15) is 28.9 Å². The maximum Gasteiger partial charge on any atom is 0.408 e. The van der Waals surface area contributed by atoms with Gasteiger partial charge >= 0.3 is 24.2 Å². The van der Waals surface area contributed by atoms with Gasteiger partial charge in [0.05, 0.1) is 0 Å². The van der Waals surface area contributed by atoms with Gasteiger partial charge in [-0.05, 0) is 101 Å². The average molecular weight is 672 g/mol. The molecule has 0 aromatic rings. The summed E-state index contributed by atoms with van der Waals surface area (Å²) < 4.78 is 15.7. The van der Waals surface area contributed by atoms with Crippen LogP contribution in [-0.4, -0.2) is 89.0 Å². The number of ether oxygens (including phenoxy) is 3. The molecule has 0 bridgehead atoms. The van der Waals surface area contributed by atoms with E-state index < -0.39 is 70.9 Å². The number of carbonyl (C=O) groups is 7. The molecule has 0 spiro atoms. The zero-order chi connectivity index (χ0) is 36.0. The molecule has 47 heavy (non-hydrogen) atoms. The summed E-state index contributed by atoms with van der Waals surface area (Å²) in [5.74, 6) is -2.78. The van der Waals surface area contributed by atoms with E-state index in [4.69, 9.17) is 19.0 Å². The Balaban J connectivity index is 2.71. The number of hydrogen-bond donors (Lipinski definition) is 4. The first-order valence-corrected chi connectivity index (χ1v) is 15.9. The number of rotatable bonds is 15. The van der Waals surface area contributed by atoms with Crippen molar-refractivity contribution in [3.05, 3.63) is 0 Å². The molecule has 0 aliphatic carbocycles. The summed E-state index contributed by atoms with van der Waals surface area (Å²) in [6, 6.07) is -2.16. The maximum absolute atomic E-state index is 13.0. The summed E-state index contributed by atoms with van der Waals surface area (Å²) in [5.41, 5.74) is -2.25. The predicted octanol–water partition coefficient (Wildman–Crippen LogP) is 3.36. The molecule has 1 rings (SSSR count). The first-order valence-electron chi connectivity index (χ1n) is 15.9. The number of hydrogen-bond acceptors (Lipinski definition) is 11. The third-order valence-electron chi connectivity index (χ3n) is 5.98. The molecule has 0 radical (unpaired) electrons. The van der Waals surface area contributed by atoms with Crippen molar-refractivity contribution in [3.8, 4) is 0 Å². The van der Waals surface area contributed by atoms with Crippen molar-refractivity contribution in [2.45, 2.75) is 143 Å². The largest absolute Gasteiger partial charge is 0.444 e. The highest BCUT2D eigenvalue weighted by molar-refractivity contribution is 6.01. The third kappa shape index (κ3) is 18.6. The van der Waals surface area contributed by atoms with Crippen molar-refractivity contribution in [2.75, 3.05) is 13.1 Å². The summed E-state index contributed by atoms with van der Waals surface area (Å²) in [6.07, 6.45) is -0.333. The van der Waals surface area contributed by atoms with Gasteiger partial charge in [0.25, 0.3) is 11.8 Å². The van der Waals surface area contributed by atoms with E-state index in [1.165, 1.54) is 0 Å². The molecular weight excluding hydrogens is 618 g/mol. The zero-order valence-electron chi connectivity index (χ0n) is 29.2. The maximum atomic E-state index is 13.0. The molecule has 1 aliphatic rings. The molecule has 0 aromatic heterocycles. The van der Waals surface area contributed by atoms with Crippen molar-refractivity contribution < 1.29 is 52.6 Å². The predicted molar refractivity (Wildman–Crippen MR) is 168 cm³/mol. The van der Waals surface area contributed by atoms with Gasteiger partial charge in [-0.25, -0.2) is 19.2 Å². The van der Waals surface area contributed by atoms with Crippen molar-refractivity contribution in [1.29, 1.82) is 0 Å². The molecule has 1 aliphatic heterocycles. The van der Waals surface area contributed by atoms with E-state index in [2.05, 4.69) is 21.3 Å². The quantitative estimate of drug-likeness (QED) is 0.113. The van der Waals surface area contributed by atoms with Crippen molar-refractivity contribution >= 4 is 42.0 Å². The van der Waals surface area contributed by atoms with E-state index in [1.807, 2.05) is 0 Å². The number of amides is 6. The van der Waals surface area contributed by atoms with Crippen LogP contribution in [0, 0.1) is 0 Å². The number of imide groups is 1. The van der Waals surface area contributed by atoms with Gasteiger partial charge in [0.15, 0.2) is 0 Å². The minimum absolute atomic E-state index is 0.0500. The molecule has 268 valence electrons. The summed E-state index contributed by atoms with van der Waals surface area (Å²) in [6.45, 7) is 15.8. The molecule has 0 saturated carbocycles. The van der Waals surface area contributed by atoms with Gasteiger partial charge in [0.2, 0.25) is 5.91 Å². The topological polar surface area (TPSA) is 208 Å². The fraction of sp³-hybridized carbons (Fsp3) is 0.774. The van der Waals surface area contributed by atoms with Gasteiger partial charge in [-0.1, -0.05) is 0 Å². The van der Waals surface area contributed by atoms with Crippen LogP contribution in [0.2, 0.25) is 0 Å². The van der Waals surface area contributed by atoms with Crippen molar-refractivity contribution in [1.82, 2.24) is 26.3 Å². The second-order valence-corrected chi connectivity index (χ2v) is 14.1. The van der Waals surface area contributed by atoms with E-state index in [0.717, 1.165) is 0 Å². The Labute approximate surface area is 276 Å². The molecule has 2 atom stereocenters. The van der Waals surface area contributed by atoms with Crippen molar-refractivity contribution in [2.24, 2.45) is 0 Å². The standard InChI is InChI=1S/C31H53N5O11/c1-29(2,3)44-26(41)33-19-13-10-14-20(34-27(42)45-30(4,5)6)24(39)32-18-12-11-15-21(35-28(43)46-31(7,8)9)25(40)47-36-22(37)16-17-23(36)38/h20-21H,10-19H2,1-9H3,(H,32,39)(H,33,41)(H,34,42)(H,35,43)/t20-,21-/m0/s1. The van der Waals surface area contributed by atoms with Gasteiger partial charge in [0, 0.05) is 25.9 Å². The summed E-state index contributed by atoms with van der Waals surface area (Å²) >= 11 is 0. The number of hydroxylamine groups is 2. The highest BCUT2D eigenvalue weighted by atomic mass is 16.7. The van der Waals surface area contributed by atoms with Gasteiger partial charge in [-0.15, -0.1) is 5.06 Å². The lowest BCUT2D eigenvalue weighted by Gasteiger charge is -2.24. The molecule has 1 fully saturated rings. The van der Waals surface area contributed by atoms with E-state index in [0.29, 0.717) is 37.3 Å². The number of carbonyl (C=O) groups excluding carboxylic acids is 7. The molecule has 1 heterocycles. The Morgan fingerprint density at radius 1 is 0.617 bits per heavy atom. The molecule has 1 saturated heterocycles.